The first-order valence-electron chi connectivity index (χ1n) is 5.52. The molecule has 0 radical (unpaired) electrons. The van der Waals surface area contributed by atoms with Crippen molar-refractivity contribution in [2.75, 3.05) is 4.72 Å². The van der Waals surface area contributed by atoms with Crippen LogP contribution in [0.3, 0.4) is 0 Å². The minimum atomic E-state index is -4.27. The molecule has 0 aliphatic carbocycles. The van der Waals surface area contributed by atoms with E-state index in [9.17, 15) is 22.9 Å². The molecule has 0 aromatic heterocycles. The van der Waals surface area contributed by atoms with E-state index in [0.717, 1.165) is 18.2 Å². The lowest BCUT2D eigenvalue weighted by Crippen LogP contribution is -2.15. The zero-order valence-corrected chi connectivity index (χ0v) is 12.7. The minimum absolute atomic E-state index is 0.232. The van der Waals surface area contributed by atoms with Gasteiger partial charge in [-0.1, -0.05) is 28.1 Å². The molecule has 2 aromatic carbocycles. The van der Waals surface area contributed by atoms with Gasteiger partial charge in [-0.25, -0.2) is 12.8 Å². The van der Waals surface area contributed by atoms with Crippen molar-refractivity contribution in [3.63, 3.8) is 0 Å². The molecule has 0 spiro atoms. The zero-order valence-electron chi connectivity index (χ0n) is 10.3. The second kappa shape index (κ2) is 5.78. The first-order chi connectivity index (χ1) is 9.81. The maximum absolute atomic E-state index is 13.7. The Hall–Kier alpha value is -2.00. The Labute approximate surface area is 127 Å². The van der Waals surface area contributed by atoms with E-state index in [1.165, 1.54) is 24.3 Å². The number of sulfonamides is 1. The van der Waals surface area contributed by atoms with Gasteiger partial charge in [-0.2, -0.15) is 0 Å². The number of para-hydroxylation sites is 2. The van der Waals surface area contributed by atoms with Gasteiger partial charge in [0.1, 0.15) is 16.4 Å². The molecule has 6 nitrogen and oxygen atoms in total. The molecule has 110 valence electrons. The quantitative estimate of drug-likeness (QED) is 0.656. The fourth-order valence-electron chi connectivity index (χ4n) is 1.61. The smallest absolute Gasteiger partial charge is 0.273 e. The summed E-state index contributed by atoms with van der Waals surface area (Å²) in [5.41, 5.74) is -0.650. The van der Waals surface area contributed by atoms with E-state index in [-0.39, 0.29) is 5.69 Å². The van der Waals surface area contributed by atoms with E-state index in [1.54, 1.807) is 0 Å². The normalized spacial score (nSPS) is 11.1. The van der Waals surface area contributed by atoms with Crippen LogP contribution in [0, 0.1) is 15.9 Å². The SMILES string of the molecule is O=[N+]([O-])c1ccccc1NS(=O)(=O)c1ccc(Br)cc1F. The summed E-state index contributed by atoms with van der Waals surface area (Å²) in [6.45, 7) is 0. The van der Waals surface area contributed by atoms with Crippen LogP contribution in [0.4, 0.5) is 15.8 Å². The number of anilines is 1. The third-order valence-electron chi connectivity index (χ3n) is 2.53. The molecule has 9 heteroatoms. The molecule has 0 aliphatic heterocycles. The summed E-state index contributed by atoms with van der Waals surface area (Å²) in [5.74, 6) is -0.963. The molecule has 0 saturated carbocycles. The third-order valence-corrected chi connectivity index (χ3v) is 4.42. The van der Waals surface area contributed by atoms with Crippen LogP contribution in [0.25, 0.3) is 0 Å². The Bertz CT molecular complexity index is 811. The summed E-state index contributed by atoms with van der Waals surface area (Å²) in [4.78, 5) is 9.53. The van der Waals surface area contributed by atoms with Crippen LogP contribution in [-0.2, 0) is 10.0 Å². The molecule has 21 heavy (non-hydrogen) atoms. The maximum Gasteiger partial charge on any atom is 0.293 e. The van der Waals surface area contributed by atoms with Gasteiger partial charge in [-0.15, -0.1) is 0 Å². The van der Waals surface area contributed by atoms with Crippen LogP contribution >= 0.6 is 15.9 Å². The standard InChI is InChI=1S/C12H8BrFN2O4S/c13-8-5-6-12(9(14)7-8)21(19,20)15-10-3-1-2-4-11(10)16(17)18/h1-7,15H. The van der Waals surface area contributed by atoms with Gasteiger partial charge in [0, 0.05) is 10.5 Å². The van der Waals surface area contributed by atoms with Crippen molar-refractivity contribution < 1.29 is 17.7 Å². The van der Waals surface area contributed by atoms with E-state index in [1.807, 2.05) is 4.72 Å². The highest BCUT2D eigenvalue weighted by molar-refractivity contribution is 9.10. The van der Waals surface area contributed by atoms with Gasteiger partial charge in [-0.3, -0.25) is 14.8 Å². The lowest BCUT2D eigenvalue weighted by atomic mass is 10.3. The highest BCUT2D eigenvalue weighted by Crippen LogP contribution is 2.27. The molecule has 0 saturated heterocycles. The second-order valence-corrected chi connectivity index (χ2v) is 6.52. The van der Waals surface area contributed by atoms with Gasteiger partial charge >= 0.3 is 0 Å². The van der Waals surface area contributed by atoms with E-state index < -0.39 is 31.3 Å². The topological polar surface area (TPSA) is 89.3 Å². The Kier molecular flexibility index (Phi) is 4.24. The number of nitro groups is 1. The average Bonchev–Trinajstić information content (AvgIpc) is 2.37. The highest BCUT2D eigenvalue weighted by atomic mass is 79.9. The van der Waals surface area contributed by atoms with E-state index in [4.69, 9.17) is 0 Å². The van der Waals surface area contributed by atoms with Crippen molar-refractivity contribution in [1.82, 2.24) is 0 Å². The Morgan fingerprint density at radius 2 is 1.86 bits per heavy atom. The van der Waals surface area contributed by atoms with Crippen LogP contribution < -0.4 is 4.72 Å². The van der Waals surface area contributed by atoms with Crippen molar-refractivity contribution in [2.45, 2.75) is 4.90 Å². The van der Waals surface area contributed by atoms with Gasteiger partial charge < -0.3 is 0 Å². The van der Waals surface area contributed by atoms with Crippen LogP contribution in [-0.4, -0.2) is 13.3 Å². The third kappa shape index (κ3) is 3.37. The summed E-state index contributed by atoms with van der Waals surface area (Å²) >= 11 is 3.02. The van der Waals surface area contributed by atoms with Gasteiger partial charge in [-0.05, 0) is 24.3 Å². The molecule has 0 unspecified atom stereocenters. The number of benzene rings is 2. The molecule has 0 atom stereocenters. The summed E-state index contributed by atoms with van der Waals surface area (Å²) < 4.78 is 40.4. The Morgan fingerprint density at radius 1 is 1.19 bits per heavy atom. The van der Waals surface area contributed by atoms with E-state index in [0.29, 0.717) is 4.47 Å². The Morgan fingerprint density at radius 3 is 2.48 bits per heavy atom. The minimum Gasteiger partial charge on any atom is -0.273 e. The molecule has 2 aromatic rings. The lowest BCUT2D eigenvalue weighted by molar-refractivity contribution is -0.383. The number of rotatable bonds is 4. The predicted molar refractivity (Wildman–Crippen MR) is 78.0 cm³/mol. The number of hydrogen-bond acceptors (Lipinski definition) is 4. The first kappa shape index (κ1) is 15.4. The molecule has 0 amide bonds. The van der Waals surface area contributed by atoms with Crippen molar-refractivity contribution in [1.29, 1.82) is 0 Å². The fraction of sp³-hybridized carbons (Fsp3) is 0. The molecule has 0 bridgehead atoms. The van der Waals surface area contributed by atoms with Crippen LogP contribution in [0.15, 0.2) is 51.8 Å². The van der Waals surface area contributed by atoms with Gasteiger partial charge in [0.05, 0.1) is 4.92 Å². The molecule has 2 rings (SSSR count). The lowest BCUT2D eigenvalue weighted by Gasteiger charge is -2.09. The average molecular weight is 375 g/mol. The summed E-state index contributed by atoms with van der Waals surface area (Å²) in [6.07, 6.45) is 0. The molecule has 0 heterocycles. The Balaban J connectivity index is 2.45. The van der Waals surface area contributed by atoms with Gasteiger partial charge in [0.25, 0.3) is 15.7 Å². The summed E-state index contributed by atoms with van der Waals surface area (Å²) in [7, 11) is -4.27. The van der Waals surface area contributed by atoms with Gasteiger partial charge in [0.2, 0.25) is 0 Å². The summed E-state index contributed by atoms with van der Waals surface area (Å²) in [5, 5.41) is 10.8. The number of nitro benzene ring substituents is 1. The fourth-order valence-corrected chi connectivity index (χ4v) is 3.08. The van der Waals surface area contributed by atoms with E-state index >= 15 is 0 Å². The van der Waals surface area contributed by atoms with E-state index in [2.05, 4.69) is 15.9 Å². The molecule has 0 aliphatic rings. The molecule has 0 fully saturated rings. The molecule has 1 N–H and O–H groups in total. The molecular formula is C12H8BrFN2O4S. The number of halogens is 2. The van der Waals surface area contributed by atoms with Gasteiger partial charge in [0.15, 0.2) is 0 Å². The predicted octanol–water partition coefficient (Wildman–Crippen LogP) is 3.30. The first-order valence-corrected chi connectivity index (χ1v) is 7.80. The summed E-state index contributed by atoms with van der Waals surface area (Å²) in [6, 6.07) is 8.63. The van der Waals surface area contributed by atoms with Crippen molar-refractivity contribution in [3.05, 3.63) is 62.9 Å². The second-order valence-electron chi connectivity index (χ2n) is 3.95. The van der Waals surface area contributed by atoms with Crippen molar-refractivity contribution in [3.8, 4) is 0 Å². The number of nitrogens with one attached hydrogen (secondary N) is 1. The van der Waals surface area contributed by atoms with Crippen LogP contribution in [0.5, 0.6) is 0 Å². The van der Waals surface area contributed by atoms with Crippen LogP contribution in [0.1, 0.15) is 0 Å². The van der Waals surface area contributed by atoms with Crippen molar-refractivity contribution >= 4 is 37.3 Å². The monoisotopic (exact) mass is 374 g/mol. The zero-order chi connectivity index (χ0) is 15.6. The highest BCUT2D eigenvalue weighted by Gasteiger charge is 2.23. The molecular weight excluding hydrogens is 367 g/mol. The number of hydrogen-bond donors (Lipinski definition) is 1. The largest absolute Gasteiger partial charge is 0.293 e. The van der Waals surface area contributed by atoms with Crippen LogP contribution in [0.2, 0.25) is 0 Å². The maximum atomic E-state index is 13.7. The van der Waals surface area contributed by atoms with Crippen molar-refractivity contribution in [2.24, 2.45) is 0 Å². The number of nitrogens with zero attached hydrogens (tertiary/aromatic N) is 1.